The van der Waals surface area contributed by atoms with E-state index in [9.17, 15) is 4.79 Å². The van der Waals surface area contributed by atoms with Crippen molar-refractivity contribution in [3.05, 3.63) is 60.1 Å². The summed E-state index contributed by atoms with van der Waals surface area (Å²) in [6.45, 7) is 0. The molecule has 0 aliphatic heterocycles. The minimum absolute atomic E-state index is 0.311. The average Bonchev–Trinajstić information content (AvgIpc) is 2.90. The van der Waals surface area contributed by atoms with Gasteiger partial charge in [-0.3, -0.25) is 4.79 Å². The van der Waals surface area contributed by atoms with E-state index in [-0.39, 0.29) is 5.91 Å². The largest absolute Gasteiger partial charge is 0.465 e. The molecule has 2 aromatic rings. The van der Waals surface area contributed by atoms with Crippen molar-refractivity contribution in [1.29, 1.82) is 5.26 Å². The van der Waals surface area contributed by atoms with E-state index in [2.05, 4.69) is 5.32 Å². The molecule has 88 valence electrons. The first-order valence-corrected chi connectivity index (χ1v) is 5.31. The molecule has 1 aromatic heterocycles. The standard InChI is InChI=1S/C14H10N2O2/c15-10-11-4-1-2-6-13(11)16-14(17)8-7-12-5-3-9-18-12/h1-9H,(H,16,17). The molecule has 0 unspecified atom stereocenters. The van der Waals surface area contributed by atoms with Crippen molar-refractivity contribution in [2.45, 2.75) is 0 Å². The number of benzene rings is 1. The Labute approximate surface area is 104 Å². The molecule has 0 fully saturated rings. The Bertz CT molecular complexity index is 607. The summed E-state index contributed by atoms with van der Waals surface area (Å²) in [6, 6.07) is 12.3. The van der Waals surface area contributed by atoms with Gasteiger partial charge in [-0.2, -0.15) is 5.26 Å². The molecule has 1 aromatic carbocycles. The Morgan fingerprint density at radius 1 is 1.28 bits per heavy atom. The molecule has 0 spiro atoms. The molecule has 4 nitrogen and oxygen atoms in total. The van der Waals surface area contributed by atoms with Crippen molar-refractivity contribution in [2.24, 2.45) is 0 Å². The third kappa shape index (κ3) is 2.86. The van der Waals surface area contributed by atoms with Gasteiger partial charge < -0.3 is 9.73 Å². The smallest absolute Gasteiger partial charge is 0.248 e. The number of amides is 1. The van der Waals surface area contributed by atoms with Crippen LogP contribution < -0.4 is 5.32 Å². The summed E-state index contributed by atoms with van der Waals surface area (Å²) in [5, 5.41) is 11.5. The van der Waals surface area contributed by atoms with Gasteiger partial charge in [0.25, 0.3) is 0 Å². The van der Waals surface area contributed by atoms with E-state index >= 15 is 0 Å². The molecule has 0 saturated carbocycles. The predicted molar refractivity (Wildman–Crippen MR) is 67.5 cm³/mol. The van der Waals surface area contributed by atoms with Gasteiger partial charge in [-0.1, -0.05) is 12.1 Å². The lowest BCUT2D eigenvalue weighted by molar-refractivity contribution is -0.111. The molecular weight excluding hydrogens is 228 g/mol. The first kappa shape index (κ1) is 11.7. The van der Waals surface area contributed by atoms with E-state index in [1.807, 2.05) is 6.07 Å². The van der Waals surface area contributed by atoms with Crippen molar-refractivity contribution >= 4 is 17.7 Å². The van der Waals surface area contributed by atoms with E-state index in [1.54, 1.807) is 42.5 Å². The number of carbonyl (C=O) groups excluding carboxylic acids is 1. The van der Waals surface area contributed by atoms with Crippen LogP contribution in [0.3, 0.4) is 0 Å². The second kappa shape index (κ2) is 5.51. The van der Waals surface area contributed by atoms with Crippen molar-refractivity contribution in [3.8, 4) is 6.07 Å². The van der Waals surface area contributed by atoms with Crippen LogP contribution in [0, 0.1) is 11.3 Å². The highest BCUT2D eigenvalue weighted by Gasteiger charge is 2.03. The quantitative estimate of drug-likeness (QED) is 0.836. The Morgan fingerprint density at radius 2 is 2.11 bits per heavy atom. The maximum Gasteiger partial charge on any atom is 0.248 e. The number of nitrogens with one attached hydrogen (secondary N) is 1. The molecule has 2 rings (SSSR count). The van der Waals surface area contributed by atoms with Crippen molar-refractivity contribution in [1.82, 2.24) is 0 Å². The highest BCUT2D eigenvalue weighted by Crippen LogP contribution is 2.13. The molecule has 1 heterocycles. The van der Waals surface area contributed by atoms with Gasteiger partial charge >= 0.3 is 0 Å². The topological polar surface area (TPSA) is 66.0 Å². The number of anilines is 1. The van der Waals surface area contributed by atoms with Gasteiger partial charge in [0, 0.05) is 6.08 Å². The van der Waals surface area contributed by atoms with Crippen molar-refractivity contribution in [2.75, 3.05) is 5.32 Å². The fourth-order valence-corrected chi connectivity index (χ4v) is 1.41. The molecule has 1 amide bonds. The first-order chi connectivity index (χ1) is 8.79. The maximum absolute atomic E-state index is 11.6. The molecule has 0 radical (unpaired) electrons. The molecule has 0 atom stereocenters. The van der Waals surface area contributed by atoms with E-state index in [4.69, 9.17) is 9.68 Å². The van der Waals surface area contributed by atoms with Gasteiger partial charge in [0.05, 0.1) is 17.5 Å². The van der Waals surface area contributed by atoms with Gasteiger partial charge in [0.15, 0.2) is 0 Å². The van der Waals surface area contributed by atoms with Crippen LogP contribution in [-0.2, 0) is 4.79 Å². The van der Waals surface area contributed by atoms with Crippen molar-refractivity contribution < 1.29 is 9.21 Å². The predicted octanol–water partition coefficient (Wildman–Crippen LogP) is 2.80. The molecule has 0 aliphatic carbocycles. The summed E-state index contributed by atoms with van der Waals surface area (Å²) in [5.74, 6) is 0.285. The maximum atomic E-state index is 11.6. The zero-order valence-corrected chi connectivity index (χ0v) is 9.46. The van der Waals surface area contributed by atoms with Crippen LogP contribution in [0.25, 0.3) is 6.08 Å². The summed E-state index contributed by atoms with van der Waals surface area (Å²) >= 11 is 0. The van der Waals surface area contributed by atoms with Crippen LogP contribution in [0.2, 0.25) is 0 Å². The number of hydrogen-bond donors (Lipinski definition) is 1. The zero-order valence-electron chi connectivity index (χ0n) is 9.46. The van der Waals surface area contributed by atoms with Gasteiger partial charge in [-0.15, -0.1) is 0 Å². The van der Waals surface area contributed by atoms with Crippen LogP contribution in [0.5, 0.6) is 0 Å². The third-order valence-corrected chi connectivity index (χ3v) is 2.25. The highest BCUT2D eigenvalue weighted by molar-refractivity contribution is 6.02. The first-order valence-electron chi connectivity index (χ1n) is 5.31. The van der Waals surface area contributed by atoms with Crippen molar-refractivity contribution in [3.63, 3.8) is 0 Å². The van der Waals surface area contributed by atoms with Crippen LogP contribution in [0.1, 0.15) is 11.3 Å². The Kier molecular flexibility index (Phi) is 3.57. The van der Waals surface area contributed by atoms with E-state index in [0.717, 1.165) is 0 Å². The fraction of sp³-hybridized carbons (Fsp3) is 0. The average molecular weight is 238 g/mol. The second-order valence-electron chi connectivity index (χ2n) is 3.50. The normalized spacial score (nSPS) is 10.2. The molecule has 1 N–H and O–H groups in total. The summed E-state index contributed by atoms with van der Waals surface area (Å²) in [7, 11) is 0. The van der Waals surface area contributed by atoms with Crippen LogP contribution in [0.15, 0.2) is 53.2 Å². The molecule has 18 heavy (non-hydrogen) atoms. The molecule has 0 bridgehead atoms. The Morgan fingerprint density at radius 3 is 2.83 bits per heavy atom. The lowest BCUT2D eigenvalue weighted by Gasteiger charge is -2.03. The lowest BCUT2D eigenvalue weighted by Crippen LogP contribution is -2.08. The monoisotopic (exact) mass is 238 g/mol. The number of nitrogens with zero attached hydrogens (tertiary/aromatic N) is 1. The summed E-state index contributed by atoms with van der Waals surface area (Å²) in [6.07, 6.45) is 4.44. The number of rotatable bonds is 3. The molecular formula is C14H10N2O2. The van der Waals surface area contributed by atoms with E-state index < -0.39 is 0 Å². The van der Waals surface area contributed by atoms with Gasteiger partial charge in [-0.25, -0.2) is 0 Å². The SMILES string of the molecule is N#Cc1ccccc1NC(=O)C=Cc1ccco1. The fourth-order valence-electron chi connectivity index (χ4n) is 1.41. The molecule has 0 aliphatic rings. The highest BCUT2D eigenvalue weighted by atomic mass is 16.3. The number of furan rings is 1. The van der Waals surface area contributed by atoms with Crippen LogP contribution in [-0.4, -0.2) is 5.91 Å². The van der Waals surface area contributed by atoms with E-state index in [0.29, 0.717) is 17.0 Å². The summed E-state index contributed by atoms with van der Waals surface area (Å²) in [4.78, 5) is 11.6. The minimum Gasteiger partial charge on any atom is -0.465 e. The molecule has 4 heteroatoms. The Balaban J connectivity index is 2.06. The molecule has 0 saturated heterocycles. The summed E-state index contributed by atoms with van der Waals surface area (Å²) in [5.41, 5.74) is 0.923. The summed E-state index contributed by atoms with van der Waals surface area (Å²) < 4.78 is 5.06. The zero-order chi connectivity index (χ0) is 12.8. The minimum atomic E-state index is -0.311. The van der Waals surface area contributed by atoms with Crippen LogP contribution in [0.4, 0.5) is 5.69 Å². The third-order valence-electron chi connectivity index (χ3n) is 2.25. The van der Waals surface area contributed by atoms with Crippen LogP contribution >= 0.6 is 0 Å². The van der Waals surface area contributed by atoms with E-state index in [1.165, 1.54) is 12.3 Å². The van der Waals surface area contributed by atoms with Gasteiger partial charge in [0.1, 0.15) is 11.8 Å². The van der Waals surface area contributed by atoms with Gasteiger partial charge in [-0.05, 0) is 30.3 Å². The number of hydrogen-bond acceptors (Lipinski definition) is 3. The number of nitriles is 1. The lowest BCUT2D eigenvalue weighted by atomic mass is 10.2. The second-order valence-corrected chi connectivity index (χ2v) is 3.50. The number of para-hydroxylation sites is 1. The Hall–Kier alpha value is -2.80. The number of carbonyl (C=O) groups is 1. The van der Waals surface area contributed by atoms with Gasteiger partial charge in [0.2, 0.25) is 5.91 Å².